The third-order valence-electron chi connectivity index (χ3n) is 4.23. The predicted molar refractivity (Wildman–Crippen MR) is 115 cm³/mol. The molecular weight excluding hydrogens is 406 g/mol. The number of hydrogen-bond donors (Lipinski definition) is 3. The molecule has 0 radical (unpaired) electrons. The van der Waals surface area contributed by atoms with Gasteiger partial charge in [-0.1, -0.05) is 12.1 Å². The van der Waals surface area contributed by atoms with E-state index in [9.17, 15) is 19.1 Å². The van der Waals surface area contributed by atoms with Crippen molar-refractivity contribution in [1.29, 1.82) is 0 Å². The minimum atomic E-state index is -1.07. The van der Waals surface area contributed by atoms with Crippen molar-refractivity contribution in [3.8, 4) is 0 Å². The summed E-state index contributed by atoms with van der Waals surface area (Å²) >= 11 is 0. The van der Waals surface area contributed by atoms with Crippen LogP contribution in [0.2, 0.25) is 0 Å². The number of anilines is 3. The summed E-state index contributed by atoms with van der Waals surface area (Å²) in [6.07, 6.45) is 2.96. The third-order valence-corrected chi connectivity index (χ3v) is 5.17. The van der Waals surface area contributed by atoms with Crippen molar-refractivity contribution in [3.63, 3.8) is 0 Å². The number of nitrogens with zero attached hydrogens (tertiary/aromatic N) is 2. The quantitative estimate of drug-likeness (QED) is 0.372. The summed E-state index contributed by atoms with van der Waals surface area (Å²) in [5.74, 6) is -0.183. The molecule has 0 saturated heterocycles. The van der Waals surface area contributed by atoms with E-state index in [-0.39, 0.29) is 17.8 Å². The number of non-ortho nitro benzene ring substituents is 1. The van der Waals surface area contributed by atoms with Gasteiger partial charge in [-0.25, -0.2) is 4.98 Å². The molecule has 0 bridgehead atoms. The van der Waals surface area contributed by atoms with E-state index < -0.39 is 21.6 Å². The molecular formula is C20H19N5O4S. The molecule has 1 amide bonds. The van der Waals surface area contributed by atoms with Gasteiger partial charge >= 0.3 is 0 Å². The van der Waals surface area contributed by atoms with Crippen LogP contribution in [0, 0.1) is 10.1 Å². The second-order valence-electron chi connectivity index (χ2n) is 6.36. The van der Waals surface area contributed by atoms with E-state index in [0.29, 0.717) is 22.0 Å². The summed E-state index contributed by atoms with van der Waals surface area (Å²) in [5.41, 5.74) is 7.47. The second-order valence-corrected chi connectivity index (χ2v) is 7.74. The largest absolute Gasteiger partial charge is 0.380 e. The maximum Gasteiger partial charge on any atom is 0.269 e. The molecule has 3 rings (SSSR count). The van der Waals surface area contributed by atoms with E-state index in [2.05, 4.69) is 15.6 Å². The first-order valence-corrected chi connectivity index (χ1v) is 10.4. The number of carbonyl (C=O) groups is 1. The Kier molecular flexibility index (Phi) is 6.38. The van der Waals surface area contributed by atoms with Crippen LogP contribution in [0.5, 0.6) is 0 Å². The summed E-state index contributed by atoms with van der Waals surface area (Å²) in [6.45, 7) is 0.252. The molecule has 1 heterocycles. The lowest BCUT2D eigenvalue weighted by Gasteiger charge is -2.13. The van der Waals surface area contributed by atoms with Crippen molar-refractivity contribution in [2.75, 3.05) is 16.9 Å². The molecule has 0 spiro atoms. The van der Waals surface area contributed by atoms with Gasteiger partial charge in [0.2, 0.25) is 0 Å². The maximum absolute atomic E-state index is 11.8. The van der Waals surface area contributed by atoms with Crippen LogP contribution in [0.1, 0.15) is 15.9 Å². The molecule has 0 fully saturated rings. The van der Waals surface area contributed by atoms with E-state index in [1.165, 1.54) is 18.3 Å². The van der Waals surface area contributed by atoms with Crippen LogP contribution in [0.4, 0.5) is 22.9 Å². The fourth-order valence-electron chi connectivity index (χ4n) is 2.72. The van der Waals surface area contributed by atoms with Gasteiger partial charge < -0.3 is 16.4 Å². The zero-order chi connectivity index (χ0) is 21.7. The first-order valence-electron chi connectivity index (χ1n) is 8.81. The zero-order valence-corrected chi connectivity index (χ0v) is 16.8. The minimum Gasteiger partial charge on any atom is -0.380 e. The highest BCUT2D eigenvalue weighted by Crippen LogP contribution is 2.23. The van der Waals surface area contributed by atoms with Crippen molar-refractivity contribution in [3.05, 3.63) is 82.0 Å². The van der Waals surface area contributed by atoms with Gasteiger partial charge in [0.15, 0.2) is 0 Å². The molecule has 1 atom stereocenters. The van der Waals surface area contributed by atoms with Gasteiger partial charge in [0.1, 0.15) is 5.82 Å². The van der Waals surface area contributed by atoms with Crippen molar-refractivity contribution in [1.82, 2.24) is 4.98 Å². The fraction of sp³-hybridized carbons (Fsp3) is 0.100. The highest BCUT2D eigenvalue weighted by Gasteiger charge is 2.12. The number of carbonyl (C=O) groups excluding carboxylic acids is 1. The molecule has 154 valence electrons. The molecule has 2 aromatic carbocycles. The van der Waals surface area contributed by atoms with Crippen molar-refractivity contribution < 1.29 is 13.9 Å². The zero-order valence-electron chi connectivity index (χ0n) is 16.0. The Morgan fingerprint density at radius 1 is 1.20 bits per heavy atom. The highest BCUT2D eigenvalue weighted by molar-refractivity contribution is 7.84. The fourth-order valence-corrected chi connectivity index (χ4v) is 3.24. The van der Waals surface area contributed by atoms with Gasteiger partial charge in [-0.3, -0.25) is 19.1 Å². The Labute approximate surface area is 174 Å². The number of primary amides is 1. The number of pyridine rings is 1. The van der Waals surface area contributed by atoms with Crippen LogP contribution < -0.4 is 16.4 Å². The molecule has 1 aromatic heterocycles. The van der Waals surface area contributed by atoms with E-state index in [1.807, 2.05) is 0 Å². The average molecular weight is 425 g/mol. The Bertz CT molecular complexity index is 1120. The molecule has 4 N–H and O–H groups in total. The summed E-state index contributed by atoms with van der Waals surface area (Å²) < 4.78 is 11.5. The SMILES string of the molecule is CS(=O)c1ccc(Nc2cc(NCc3cccc([N+](=O)[O-])c3)c(C(N)=O)cn2)cc1. The molecule has 10 heteroatoms. The summed E-state index contributed by atoms with van der Waals surface area (Å²) in [5, 5.41) is 17.1. The van der Waals surface area contributed by atoms with Gasteiger partial charge in [0.05, 0.1) is 16.2 Å². The molecule has 9 nitrogen and oxygen atoms in total. The van der Waals surface area contributed by atoms with E-state index >= 15 is 0 Å². The molecule has 0 saturated carbocycles. The number of amides is 1. The number of benzene rings is 2. The first kappa shape index (κ1) is 20.9. The number of hydrogen-bond acceptors (Lipinski definition) is 7. The lowest BCUT2D eigenvalue weighted by molar-refractivity contribution is -0.384. The monoisotopic (exact) mass is 425 g/mol. The summed E-state index contributed by atoms with van der Waals surface area (Å²) in [4.78, 5) is 27.1. The van der Waals surface area contributed by atoms with Crippen LogP contribution in [-0.2, 0) is 17.3 Å². The van der Waals surface area contributed by atoms with Crippen LogP contribution in [0.15, 0.2) is 65.7 Å². The maximum atomic E-state index is 11.8. The van der Waals surface area contributed by atoms with E-state index in [0.717, 1.165) is 5.69 Å². The molecule has 0 aliphatic carbocycles. The standard InChI is InChI=1S/C20H19N5O4S/c1-30(29)16-7-5-14(6-8-16)24-19-10-18(17(12-23-19)20(21)26)22-11-13-3-2-4-15(9-13)25(27)28/h2-10,12H,11H2,1H3,(H2,21,26)(H2,22,23,24). The number of nitro benzene ring substituents is 1. The van der Waals surface area contributed by atoms with Crippen molar-refractivity contribution >= 4 is 39.6 Å². The number of rotatable bonds is 8. The Morgan fingerprint density at radius 2 is 1.93 bits per heavy atom. The van der Waals surface area contributed by atoms with E-state index in [1.54, 1.807) is 48.7 Å². The molecule has 30 heavy (non-hydrogen) atoms. The van der Waals surface area contributed by atoms with Crippen LogP contribution in [-0.4, -0.2) is 26.3 Å². The van der Waals surface area contributed by atoms with Crippen molar-refractivity contribution in [2.24, 2.45) is 5.73 Å². The third kappa shape index (κ3) is 5.17. The molecule has 0 aliphatic heterocycles. The second kappa shape index (κ2) is 9.14. The van der Waals surface area contributed by atoms with Gasteiger partial charge in [-0.2, -0.15) is 0 Å². The number of nitrogens with two attached hydrogens (primary N) is 1. The smallest absolute Gasteiger partial charge is 0.269 e. The lowest BCUT2D eigenvalue weighted by Crippen LogP contribution is -2.15. The van der Waals surface area contributed by atoms with Gasteiger partial charge in [-0.05, 0) is 29.8 Å². The molecule has 1 unspecified atom stereocenters. The van der Waals surface area contributed by atoms with Gasteiger partial charge in [-0.15, -0.1) is 0 Å². The first-order chi connectivity index (χ1) is 14.3. The lowest BCUT2D eigenvalue weighted by atomic mass is 10.1. The van der Waals surface area contributed by atoms with E-state index in [4.69, 9.17) is 5.73 Å². The topological polar surface area (TPSA) is 140 Å². The minimum absolute atomic E-state index is 0.0158. The molecule has 0 aliphatic rings. The van der Waals surface area contributed by atoms with Gasteiger partial charge in [0.25, 0.3) is 11.6 Å². The number of nitrogens with one attached hydrogen (secondary N) is 2. The normalized spacial score (nSPS) is 11.5. The van der Waals surface area contributed by atoms with Crippen LogP contribution >= 0.6 is 0 Å². The van der Waals surface area contributed by atoms with Crippen LogP contribution in [0.25, 0.3) is 0 Å². The number of aromatic nitrogens is 1. The highest BCUT2D eigenvalue weighted by atomic mass is 32.2. The Balaban J connectivity index is 1.80. The number of nitro groups is 1. The summed E-state index contributed by atoms with van der Waals surface area (Å²) in [7, 11) is -1.07. The summed E-state index contributed by atoms with van der Waals surface area (Å²) in [6, 6.07) is 14.9. The predicted octanol–water partition coefficient (Wildman–Crippen LogP) is 3.18. The Hall–Kier alpha value is -3.79. The van der Waals surface area contributed by atoms with Crippen molar-refractivity contribution in [2.45, 2.75) is 11.4 Å². The average Bonchev–Trinajstić information content (AvgIpc) is 2.72. The van der Waals surface area contributed by atoms with Crippen LogP contribution in [0.3, 0.4) is 0 Å². The molecule has 3 aromatic rings. The Morgan fingerprint density at radius 3 is 2.57 bits per heavy atom. The van der Waals surface area contributed by atoms with Gasteiger partial charge in [0, 0.05) is 58.6 Å².